The minimum Gasteiger partial charge on any atom is -0.393 e. The first kappa shape index (κ1) is 22.6. The fourth-order valence-corrected chi connectivity index (χ4v) is 6.25. The molecule has 3 saturated carbocycles. The topological polar surface area (TPSA) is 20.2 Å². The second-order valence-electron chi connectivity index (χ2n) is 10.9. The zero-order valence-corrected chi connectivity index (χ0v) is 19.6. The third-order valence-electron chi connectivity index (χ3n) is 8.63. The minimum atomic E-state index is -0.182. The van der Waals surface area contributed by atoms with E-state index >= 15 is 0 Å². The molecule has 0 aromatic heterocycles. The summed E-state index contributed by atoms with van der Waals surface area (Å²) < 4.78 is 0. The van der Waals surface area contributed by atoms with Crippen LogP contribution < -0.4 is 0 Å². The smallest absolute Gasteiger partial charge is 0.0583 e. The average Bonchev–Trinajstić information content (AvgIpc) is 3.04. The van der Waals surface area contributed by atoms with Crippen molar-refractivity contribution in [1.82, 2.24) is 0 Å². The second kappa shape index (κ2) is 9.38. The molecule has 0 unspecified atom stereocenters. The van der Waals surface area contributed by atoms with E-state index in [4.69, 9.17) is 0 Å². The molecule has 0 saturated heterocycles. The highest BCUT2D eigenvalue weighted by atomic mass is 16.3. The van der Waals surface area contributed by atoms with Gasteiger partial charge in [-0.2, -0.15) is 0 Å². The maximum Gasteiger partial charge on any atom is 0.0583 e. The summed E-state index contributed by atoms with van der Waals surface area (Å²) in [6.45, 7) is 16.3. The van der Waals surface area contributed by atoms with E-state index < -0.39 is 0 Å². The third kappa shape index (κ3) is 4.98. The van der Waals surface area contributed by atoms with Crippen LogP contribution in [0.2, 0.25) is 0 Å². The van der Waals surface area contributed by atoms with Crippen molar-refractivity contribution in [2.75, 3.05) is 0 Å². The molecule has 3 rings (SSSR count). The molecule has 0 aromatic rings. The fraction of sp³-hybridized carbons (Fsp3) is 0.714. The van der Waals surface area contributed by atoms with Crippen LogP contribution in [0.15, 0.2) is 47.6 Å². The van der Waals surface area contributed by atoms with Crippen LogP contribution >= 0.6 is 0 Å². The van der Waals surface area contributed by atoms with E-state index in [1.165, 1.54) is 43.3 Å². The maximum absolute atomic E-state index is 10.0. The lowest BCUT2D eigenvalue weighted by atomic mass is 9.61. The monoisotopic (exact) mass is 396 g/mol. The van der Waals surface area contributed by atoms with Crippen LogP contribution in [0.4, 0.5) is 0 Å². The molecule has 3 aliphatic rings. The maximum atomic E-state index is 10.0. The SMILES string of the molecule is C=C1CC[C@@H](O)CC1=CC=C1CCC[C@@]2(C)[C@H]1CC[C@H]2[C@H](C)/C=C/[C@@H](C)C(C)C. The molecule has 0 amide bonds. The van der Waals surface area contributed by atoms with Gasteiger partial charge in [0.1, 0.15) is 0 Å². The van der Waals surface area contributed by atoms with Crippen molar-refractivity contribution >= 4 is 0 Å². The van der Waals surface area contributed by atoms with Crippen LogP contribution in [0.5, 0.6) is 0 Å². The summed E-state index contributed by atoms with van der Waals surface area (Å²) in [5.74, 6) is 3.58. The number of fused-ring (bicyclic) bond motifs is 1. The lowest BCUT2D eigenvalue weighted by Crippen LogP contribution is -2.35. The second-order valence-corrected chi connectivity index (χ2v) is 10.9. The van der Waals surface area contributed by atoms with E-state index in [2.05, 4.69) is 65.5 Å². The molecule has 6 atom stereocenters. The molecule has 0 heterocycles. The summed E-state index contributed by atoms with van der Waals surface area (Å²) in [6, 6.07) is 0. The highest BCUT2D eigenvalue weighted by molar-refractivity contribution is 5.36. The predicted octanol–water partition coefficient (Wildman–Crippen LogP) is 7.64. The summed E-state index contributed by atoms with van der Waals surface area (Å²) >= 11 is 0. The molecule has 0 bridgehead atoms. The van der Waals surface area contributed by atoms with Crippen molar-refractivity contribution in [3.05, 3.63) is 47.6 Å². The zero-order chi connectivity index (χ0) is 21.2. The first-order valence-corrected chi connectivity index (χ1v) is 12.2. The van der Waals surface area contributed by atoms with Gasteiger partial charge < -0.3 is 5.11 Å². The molecule has 3 fully saturated rings. The lowest BCUT2D eigenvalue weighted by Gasteiger charge is -2.44. The van der Waals surface area contributed by atoms with Crippen molar-refractivity contribution in [3.8, 4) is 0 Å². The van der Waals surface area contributed by atoms with E-state index in [0.29, 0.717) is 17.3 Å². The van der Waals surface area contributed by atoms with Crippen LogP contribution in [0, 0.1) is 35.0 Å². The molecule has 29 heavy (non-hydrogen) atoms. The molecule has 0 radical (unpaired) electrons. The van der Waals surface area contributed by atoms with Gasteiger partial charge in [0.15, 0.2) is 0 Å². The average molecular weight is 397 g/mol. The highest BCUT2D eigenvalue weighted by Gasteiger charge is 2.50. The number of hydrogen-bond acceptors (Lipinski definition) is 1. The standard InChI is InChI=1S/C28H44O/c1-19(2)20(3)9-10-22(5)26-15-16-27-23(8-7-17-28(26,27)6)12-13-24-18-25(29)14-11-21(24)4/h9-10,12-13,19-20,22,25-27,29H,4,7-8,11,14-18H2,1-3,5-6H3/b10-9+,23-12?,24-13?/t20-,22-,25-,26+,27+,28-/m1/s1. The van der Waals surface area contributed by atoms with Gasteiger partial charge in [-0.1, -0.05) is 76.6 Å². The van der Waals surface area contributed by atoms with E-state index in [-0.39, 0.29) is 6.10 Å². The first-order valence-electron chi connectivity index (χ1n) is 12.2. The van der Waals surface area contributed by atoms with Gasteiger partial charge >= 0.3 is 0 Å². The quantitative estimate of drug-likeness (QED) is 0.473. The Balaban J connectivity index is 1.75. The van der Waals surface area contributed by atoms with Gasteiger partial charge in [0, 0.05) is 0 Å². The summed E-state index contributed by atoms with van der Waals surface area (Å²) in [5.41, 5.74) is 4.61. The highest BCUT2D eigenvalue weighted by Crippen LogP contribution is 2.59. The van der Waals surface area contributed by atoms with Crippen molar-refractivity contribution in [3.63, 3.8) is 0 Å². The predicted molar refractivity (Wildman–Crippen MR) is 126 cm³/mol. The molecular weight excluding hydrogens is 352 g/mol. The van der Waals surface area contributed by atoms with Crippen LogP contribution in [-0.2, 0) is 0 Å². The fourth-order valence-electron chi connectivity index (χ4n) is 6.25. The van der Waals surface area contributed by atoms with E-state index in [0.717, 1.165) is 37.0 Å². The van der Waals surface area contributed by atoms with Crippen LogP contribution in [0.25, 0.3) is 0 Å². The van der Waals surface area contributed by atoms with Gasteiger partial charge in [0.05, 0.1) is 6.10 Å². The van der Waals surface area contributed by atoms with Gasteiger partial charge in [0.2, 0.25) is 0 Å². The molecule has 162 valence electrons. The van der Waals surface area contributed by atoms with Gasteiger partial charge in [-0.3, -0.25) is 0 Å². The molecule has 3 aliphatic carbocycles. The Morgan fingerprint density at radius 1 is 1.03 bits per heavy atom. The third-order valence-corrected chi connectivity index (χ3v) is 8.63. The van der Waals surface area contributed by atoms with E-state index in [9.17, 15) is 5.11 Å². The van der Waals surface area contributed by atoms with Gasteiger partial charge in [-0.05, 0) is 91.9 Å². The van der Waals surface area contributed by atoms with E-state index in [1.807, 2.05) is 0 Å². The normalized spacial score (nSPS) is 38.2. The van der Waals surface area contributed by atoms with Crippen molar-refractivity contribution < 1.29 is 5.11 Å². The Hall–Kier alpha value is -1.08. The molecule has 0 spiro atoms. The van der Waals surface area contributed by atoms with Crippen molar-refractivity contribution in [2.45, 2.75) is 92.1 Å². The number of hydrogen-bond donors (Lipinski definition) is 1. The molecule has 1 heteroatoms. The molecule has 1 N–H and O–H groups in total. The number of aliphatic hydroxyl groups is 1. The minimum absolute atomic E-state index is 0.182. The Labute approximate surface area is 180 Å². The Morgan fingerprint density at radius 2 is 1.79 bits per heavy atom. The first-order chi connectivity index (χ1) is 13.7. The number of aliphatic hydroxyl groups excluding tert-OH is 1. The summed E-state index contributed by atoms with van der Waals surface area (Å²) in [7, 11) is 0. The Morgan fingerprint density at radius 3 is 2.52 bits per heavy atom. The molecular formula is C28H44O. The molecule has 0 aliphatic heterocycles. The van der Waals surface area contributed by atoms with Crippen LogP contribution in [0.1, 0.15) is 86.0 Å². The zero-order valence-electron chi connectivity index (χ0n) is 19.6. The largest absolute Gasteiger partial charge is 0.393 e. The van der Waals surface area contributed by atoms with Gasteiger partial charge in [-0.15, -0.1) is 0 Å². The summed E-state index contributed by atoms with van der Waals surface area (Å²) in [5, 5.41) is 10.0. The van der Waals surface area contributed by atoms with Crippen molar-refractivity contribution in [1.29, 1.82) is 0 Å². The molecule has 1 nitrogen and oxygen atoms in total. The molecule has 0 aromatic carbocycles. The number of allylic oxidation sites excluding steroid dienone is 6. The summed E-state index contributed by atoms with van der Waals surface area (Å²) in [6.07, 6.45) is 18.8. The van der Waals surface area contributed by atoms with Gasteiger partial charge in [-0.25, -0.2) is 0 Å². The van der Waals surface area contributed by atoms with Crippen LogP contribution in [0.3, 0.4) is 0 Å². The Bertz CT molecular complexity index is 678. The number of rotatable bonds is 5. The van der Waals surface area contributed by atoms with Crippen molar-refractivity contribution in [2.24, 2.45) is 35.0 Å². The Kier molecular flexibility index (Phi) is 7.31. The van der Waals surface area contributed by atoms with Gasteiger partial charge in [0.25, 0.3) is 0 Å². The lowest BCUT2D eigenvalue weighted by molar-refractivity contribution is 0.112. The summed E-state index contributed by atoms with van der Waals surface area (Å²) in [4.78, 5) is 0. The van der Waals surface area contributed by atoms with Crippen LogP contribution in [-0.4, -0.2) is 11.2 Å². The van der Waals surface area contributed by atoms with E-state index in [1.54, 1.807) is 5.57 Å².